The van der Waals surface area contributed by atoms with Gasteiger partial charge >= 0.3 is 12.4 Å². The molecule has 4 nitrogen and oxygen atoms in total. The van der Waals surface area contributed by atoms with Crippen LogP contribution in [0.3, 0.4) is 0 Å². The second kappa shape index (κ2) is 9.00. The molecular formula is C25H25F7N2O2S. The van der Waals surface area contributed by atoms with Crippen LogP contribution in [0.2, 0.25) is 0 Å². The first-order valence-corrected chi connectivity index (χ1v) is 13.0. The van der Waals surface area contributed by atoms with Crippen molar-refractivity contribution in [1.29, 1.82) is 0 Å². The fraction of sp³-hybridized carbons (Fsp3) is 0.440. The summed E-state index contributed by atoms with van der Waals surface area (Å²) >= 11 is 0. The molecule has 0 unspecified atom stereocenters. The van der Waals surface area contributed by atoms with Gasteiger partial charge in [0.15, 0.2) is 0 Å². The Morgan fingerprint density at radius 3 is 2.22 bits per heavy atom. The van der Waals surface area contributed by atoms with E-state index in [1.54, 1.807) is 4.72 Å². The number of fused-ring (bicyclic) bond motifs is 1. The lowest BCUT2D eigenvalue weighted by atomic mass is 9.96. The first kappa shape index (κ1) is 27.4. The van der Waals surface area contributed by atoms with Gasteiger partial charge in [-0.2, -0.15) is 31.1 Å². The highest BCUT2D eigenvalue weighted by atomic mass is 32.2. The van der Waals surface area contributed by atoms with Crippen molar-refractivity contribution in [3.63, 3.8) is 0 Å². The van der Waals surface area contributed by atoms with Gasteiger partial charge in [-0.05, 0) is 42.0 Å². The molecule has 0 aliphatic heterocycles. The van der Waals surface area contributed by atoms with Crippen molar-refractivity contribution in [3.05, 3.63) is 59.5 Å². The fourth-order valence-corrected chi connectivity index (χ4v) is 5.89. The molecule has 1 aromatic heterocycles. The maximum absolute atomic E-state index is 14.7. The summed E-state index contributed by atoms with van der Waals surface area (Å²) in [7, 11) is -4.24. The number of hydrogen-bond acceptors (Lipinski definition) is 2. The van der Waals surface area contributed by atoms with Crippen LogP contribution in [0, 0.1) is 11.2 Å². The molecule has 1 saturated carbocycles. The summed E-state index contributed by atoms with van der Waals surface area (Å²) in [6, 6.07) is 3.48. The van der Waals surface area contributed by atoms with E-state index in [0.717, 1.165) is 24.3 Å². The third-order valence-corrected chi connectivity index (χ3v) is 7.96. The summed E-state index contributed by atoms with van der Waals surface area (Å²) in [6.45, 7) is 5.62. The highest BCUT2D eigenvalue weighted by Gasteiger charge is 2.48. The predicted octanol–water partition coefficient (Wildman–Crippen LogP) is 7.20. The van der Waals surface area contributed by atoms with Gasteiger partial charge in [-0.1, -0.05) is 39.0 Å². The van der Waals surface area contributed by atoms with Gasteiger partial charge in [0.1, 0.15) is 11.9 Å². The molecule has 37 heavy (non-hydrogen) atoms. The van der Waals surface area contributed by atoms with E-state index in [2.05, 4.69) is 0 Å². The molecule has 0 radical (unpaired) electrons. The van der Waals surface area contributed by atoms with Crippen LogP contribution >= 0.6 is 0 Å². The number of sulfonamides is 1. The first-order chi connectivity index (χ1) is 16.9. The number of nitrogens with zero attached hydrogens (tertiary/aromatic N) is 1. The zero-order valence-electron chi connectivity index (χ0n) is 20.1. The Kier molecular flexibility index (Phi) is 6.68. The largest absolute Gasteiger partial charge is 0.417 e. The Hall–Kier alpha value is -2.60. The van der Waals surface area contributed by atoms with Crippen molar-refractivity contribution >= 4 is 20.9 Å². The summed E-state index contributed by atoms with van der Waals surface area (Å²) in [5, 5.41) is -0.896. The molecule has 0 amide bonds. The SMILES string of the molecule is CC(C)(C)Cn1cc([C@H](NS(=O)(=O)C2CC2)C(F)(F)F)c2ccc(-c3c(F)cccc3C(F)(F)F)cc21. The van der Waals surface area contributed by atoms with Gasteiger partial charge in [-0.25, -0.2) is 12.8 Å². The summed E-state index contributed by atoms with van der Waals surface area (Å²) in [5.41, 5.74) is -2.82. The number of benzene rings is 2. The van der Waals surface area contributed by atoms with Crippen LogP contribution in [0.25, 0.3) is 22.0 Å². The molecule has 202 valence electrons. The molecule has 1 heterocycles. The second-order valence-corrected chi connectivity index (χ2v) is 12.5. The molecular weight excluding hydrogens is 525 g/mol. The van der Waals surface area contributed by atoms with Crippen molar-refractivity contribution in [2.45, 2.75) is 63.8 Å². The smallest absolute Gasteiger partial charge is 0.347 e. The molecule has 2 aromatic carbocycles. The first-order valence-electron chi connectivity index (χ1n) is 11.5. The summed E-state index contributed by atoms with van der Waals surface area (Å²) in [6.07, 6.45) is -8.17. The van der Waals surface area contributed by atoms with E-state index in [4.69, 9.17) is 0 Å². The van der Waals surface area contributed by atoms with Gasteiger partial charge in [0.05, 0.1) is 10.8 Å². The van der Waals surface area contributed by atoms with Gasteiger partial charge < -0.3 is 4.57 Å². The molecule has 12 heteroatoms. The average molecular weight is 551 g/mol. The summed E-state index contributed by atoms with van der Waals surface area (Å²) < 4.78 is 126. The highest BCUT2D eigenvalue weighted by molar-refractivity contribution is 7.90. The van der Waals surface area contributed by atoms with Crippen LogP contribution in [-0.4, -0.2) is 24.4 Å². The average Bonchev–Trinajstić information content (AvgIpc) is 3.54. The lowest BCUT2D eigenvalue weighted by Gasteiger charge is -2.22. The van der Waals surface area contributed by atoms with Crippen LogP contribution in [0.1, 0.15) is 50.8 Å². The van der Waals surface area contributed by atoms with E-state index in [1.165, 1.54) is 22.9 Å². The Morgan fingerprint density at radius 2 is 1.68 bits per heavy atom. The van der Waals surface area contributed by atoms with E-state index in [-0.39, 0.29) is 41.4 Å². The van der Waals surface area contributed by atoms with Crippen molar-refractivity contribution in [2.24, 2.45) is 5.41 Å². The van der Waals surface area contributed by atoms with E-state index >= 15 is 0 Å². The Labute approximate surface area is 209 Å². The molecule has 0 spiro atoms. The van der Waals surface area contributed by atoms with E-state index in [9.17, 15) is 39.2 Å². The Morgan fingerprint density at radius 1 is 1.03 bits per heavy atom. The topological polar surface area (TPSA) is 51.1 Å². The third kappa shape index (κ3) is 5.79. The lowest BCUT2D eigenvalue weighted by Crippen LogP contribution is -2.39. The van der Waals surface area contributed by atoms with Crippen LogP contribution in [-0.2, 0) is 22.7 Å². The Bertz CT molecular complexity index is 1430. The van der Waals surface area contributed by atoms with Gasteiger partial charge in [-0.3, -0.25) is 0 Å². The third-order valence-electron chi connectivity index (χ3n) is 6.05. The van der Waals surface area contributed by atoms with Crippen molar-refractivity contribution in [1.82, 2.24) is 9.29 Å². The van der Waals surface area contributed by atoms with Gasteiger partial charge in [-0.15, -0.1) is 0 Å². The lowest BCUT2D eigenvalue weighted by molar-refractivity contribution is -0.152. The number of hydrogen-bond donors (Lipinski definition) is 1. The molecule has 1 aliphatic carbocycles. The maximum atomic E-state index is 14.7. The van der Waals surface area contributed by atoms with Crippen LogP contribution in [0.5, 0.6) is 0 Å². The number of nitrogens with one attached hydrogen (secondary N) is 1. The fourth-order valence-electron chi connectivity index (χ4n) is 4.35. The van der Waals surface area contributed by atoms with Crippen molar-refractivity contribution < 1.29 is 39.2 Å². The van der Waals surface area contributed by atoms with Crippen LogP contribution in [0.4, 0.5) is 30.7 Å². The molecule has 1 fully saturated rings. The monoisotopic (exact) mass is 550 g/mol. The number of aromatic nitrogens is 1. The standard InChI is InChI=1S/C25H25F7N2O2S/c1-23(2,3)13-34-12-17(22(25(30,31)32)33-37(35,36)15-8-9-15)16-10-7-14(11-20(16)34)21-18(24(27,28)29)5-4-6-19(21)26/h4-7,10-12,15,22,33H,8-9,13H2,1-3H3/t22-/m0/s1. The normalized spacial score (nSPS) is 16.4. The predicted molar refractivity (Wildman–Crippen MR) is 126 cm³/mol. The van der Waals surface area contributed by atoms with Gasteiger partial charge in [0, 0.05) is 34.8 Å². The number of halogens is 7. The quantitative estimate of drug-likeness (QED) is 0.330. The minimum Gasteiger partial charge on any atom is -0.347 e. The summed E-state index contributed by atoms with van der Waals surface area (Å²) in [5.74, 6) is -1.13. The van der Waals surface area contributed by atoms with E-state index < -0.39 is 56.0 Å². The zero-order valence-corrected chi connectivity index (χ0v) is 21.0. The Balaban J connectivity index is 1.94. The molecule has 0 saturated heterocycles. The summed E-state index contributed by atoms with van der Waals surface area (Å²) in [4.78, 5) is 0. The van der Waals surface area contributed by atoms with Gasteiger partial charge in [0.2, 0.25) is 10.0 Å². The maximum Gasteiger partial charge on any atom is 0.417 e. The minimum atomic E-state index is -4.99. The number of rotatable bonds is 6. The van der Waals surface area contributed by atoms with Crippen molar-refractivity contribution in [3.8, 4) is 11.1 Å². The highest BCUT2D eigenvalue weighted by Crippen LogP contribution is 2.43. The van der Waals surface area contributed by atoms with E-state index in [0.29, 0.717) is 0 Å². The van der Waals surface area contributed by atoms with E-state index in [1.807, 2.05) is 20.8 Å². The second-order valence-electron chi connectivity index (χ2n) is 10.5. The molecule has 3 aromatic rings. The molecule has 1 aliphatic rings. The van der Waals surface area contributed by atoms with Gasteiger partial charge in [0.25, 0.3) is 0 Å². The molecule has 1 atom stereocenters. The van der Waals surface area contributed by atoms with Crippen LogP contribution < -0.4 is 4.72 Å². The molecule has 1 N–H and O–H groups in total. The minimum absolute atomic E-state index is 0.00119. The number of alkyl halides is 6. The van der Waals surface area contributed by atoms with Crippen molar-refractivity contribution in [2.75, 3.05) is 0 Å². The molecule has 4 rings (SSSR count). The molecule has 0 bridgehead atoms. The van der Waals surface area contributed by atoms with Crippen LogP contribution in [0.15, 0.2) is 42.6 Å². The zero-order chi connectivity index (χ0) is 27.6.